The van der Waals surface area contributed by atoms with Gasteiger partial charge in [0.25, 0.3) is 0 Å². The molecule has 0 saturated heterocycles. The van der Waals surface area contributed by atoms with Crippen molar-refractivity contribution in [3.63, 3.8) is 0 Å². The molecule has 0 amide bonds. The number of rotatable bonds is 2. The van der Waals surface area contributed by atoms with Crippen LogP contribution in [0.5, 0.6) is 0 Å². The number of hydrogen-bond acceptors (Lipinski definition) is 2. The lowest BCUT2D eigenvalue weighted by Crippen LogP contribution is -2.50. The van der Waals surface area contributed by atoms with Crippen molar-refractivity contribution in [1.82, 2.24) is 0 Å². The maximum atomic E-state index is 10.3. The molecule has 2 heteroatoms. The second-order valence-corrected chi connectivity index (χ2v) is 6.01. The highest BCUT2D eigenvalue weighted by Gasteiger charge is 2.39. The Hall–Kier alpha value is -1.02. The van der Waals surface area contributed by atoms with Crippen molar-refractivity contribution < 1.29 is 5.11 Å². The third-order valence-corrected chi connectivity index (χ3v) is 3.63. The lowest BCUT2D eigenvalue weighted by atomic mass is 9.94. The molecule has 0 saturated carbocycles. The first-order chi connectivity index (χ1) is 7.80. The smallest absolute Gasteiger partial charge is 0.0797 e. The van der Waals surface area contributed by atoms with Crippen molar-refractivity contribution >= 4 is 5.69 Å². The first-order valence-electron chi connectivity index (χ1n) is 6.41. The Morgan fingerprint density at radius 1 is 1.35 bits per heavy atom. The van der Waals surface area contributed by atoms with Gasteiger partial charge in [0.2, 0.25) is 0 Å². The molecule has 1 atom stereocenters. The lowest BCUT2D eigenvalue weighted by molar-refractivity contribution is 0.0498. The zero-order valence-electron chi connectivity index (χ0n) is 11.5. The molecule has 0 fully saturated rings. The van der Waals surface area contributed by atoms with E-state index in [1.54, 1.807) is 0 Å². The Morgan fingerprint density at radius 3 is 2.53 bits per heavy atom. The van der Waals surface area contributed by atoms with E-state index in [1.165, 1.54) is 16.8 Å². The summed E-state index contributed by atoms with van der Waals surface area (Å²) in [4.78, 5) is 2.36. The minimum Gasteiger partial charge on any atom is -0.388 e. The molecule has 0 bridgehead atoms. The fraction of sp³-hybridized carbons (Fsp3) is 0.600. The Labute approximate surface area is 104 Å². The van der Waals surface area contributed by atoms with E-state index in [0.717, 1.165) is 6.42 Å². The Bertz CT molecular complexity index is 417. The van der Waals surface area contributed by atoms with E-state index in [4.69, 9.17) is 0 Å². The first kappa shape index (κ1) is 12.4. The van der Waals surface area contributed by atoms with Gasteiger partial charge in [-0.15, -0.1) is 0 Å². The van der Waals surface area contributed by atoms with Gasteiger partial charge >= 0.3 is 0 Å². The summed E-state index contributed by atoms with van der Waals surface area (Å²) < 4.78 is 0. The van der Waals surface area contributed by atoms with Crippen molar-refractivity contribution in [2.75, 3.05) is 4.90 Å². The highest BCUT2D eigenvalue weighted by Crippen LogP contribution is 2.38. The predicted octanol–water partition coefficient (Wildman–Crippen LogP) is 2.91. The molecule has 1 aliphatic heterocycles. The quantitative estimate of drug-likeness (QED) is 0.849. The number of benzene rings is 1. The number of fused-ring (bicyclic) bond motifs is 1. The summed E-state index contributed by atoms with van der Waals surface area (Å²) in [5.74, 6) is 0. The van der Waals surface area contributed by atoms with Crippen LogP contribution in [-0.2, 0) is 6.42 Å². The third-order valence-electron chi connectivity index (χ3n) is 3.63. The molecule has 0 spiro atoms. The van der Waals surface area contributed by atoms with Crippen molar-refractivity contribution in [3.05, 3.63) is 29.3 Å². The Balaban J connectivity index is 2.44. The SMILES string of the molecule is Cc1ccc2c(c1)CC(C(C)(C)O)N2C(C)C. The van der Waals surface area contributed by atoms with Crippen LogP contribution in [0.25, 0.3) is 0 Å². The summed E-state index contributed by atoms with van der Waals surface area (Å²) in [5.41, 5.74) is 3.28. The molecule has 1 aromatic rings. The highest BCUT2D eigenvalue weighted by molar-refractivity contribution is 5.61. The number of aryl methyl sites for hydroxylation is 1. The van der Waals surface area contributed by atoms with Gasteiger partial charge in [0.1, 0.15) is 0 Å². The molecule has 1 aromatic carbocycles. The molecule has 0 aromatic heterocycles. The van der Waals surface area contributed by atoms with Crippen LogP contribution in [0.4, 0.5) is 5.69 Å². The first-order valence-corrected chi connectivity index (χ1v) is 6.41. The molecular weight excluding hydrogens is 210 g/mol. The standard InChI is InChI=1S/C15H23NO/c1-10(2)16-13-7-6-11(3)8-12(13)9-14(16)15(4,5)17/h6-8,10,14,17H,9H2,1-5H3. The summed E-state index contributed by atoms with van der Waals surface area (Å²) in [7, 11) is 0. The van der Waals surface area contributed by atoms with Gasteiger partial charge in [0.05, 0.1) is 11.6 Å². The van der Waals surface area contributed by atoms with Gasteiger partial charge in [-0.05, 0) is 52.7 Å². The highest BCUT2D eigenvalue weighted by atomic mass is 16.3. The largest absolute Gasteiger partial charge is 0.388 e. The number of anilines is 1. The van der Waals surface area contributed by atoms with E-state index in [9.17, 15) is 5.11 Å². The van der Waals surface area contributed by atoms with E-state index < -0.39 is 5.60 Å². The van der Waals surface area contributed by atoms with Crippen molar-refractivity contribution in [3.8, 4) is 0 Å². The van der Waals surface area contributed by atoms with Gasteiger partial charge in [-0.3, -0.25) is 0 Å². The van der Waals surface area contributed by atoms with Crippen LogP contribution in [0.1, 0.15) is 38.8 Å². The molecule has 0 radical (unpaired) electrons. The molecule has 2 rings (SSSR count). The van der Waals surface area contributed by atoms with Crippen LogP contribution in [-0.4, -0.2) is 22.8 Å². The van der Waals surface area contributed by atoms with Gasteiger partial charge in [-0.1, -0.05) is 17.7 Å². The van der Waals surface area contributed by atoms with Crippen LogP contribution < -0.4 is 4.90 Å². The molecule has 1 unspecified atom stereocenters. The monoisotopic (exact) mass is 233 g/mol. The van der Waals surface area contributed by atoms with Gasteiger partial charge in [0.15, 0.2) is 0 Å². The number of hydrogen-bond donors (Lipinski definition) is 1. The minimum absolute atomic E-state index is 0.180. The van der Waals surface area contributed by atoms with E-state index in [2.05, 4.69) is 43.9 Å². The van der Waals surface area contributed by atoms with E-state index >= 15 is 0 Å². The van der Waals surface area contributed by atoms with E-state index in [0.29, 0.717) is 6.04 Å². The summed E-state index contributed by atoms with van der Waals surface area (Å²) in [6.45, 7) is 10.3. The van der Waals surface area contributed by atoms with Crippen LogP contribution in [0.3, 0.4) is 0 Å². The Morgan fingerprint density at radius 2 is 2.00 bits per heavy atom. The lowest BCUT2D eigenvalue weighted by Gasteiger charge is -2.38. The Kier molecular flexibility index (Phi) is 2.94. The fourth-order valence-electron chi connectivity index (χ4n) is 2.83. The molecule has 2 nitrogen and oxygen atoms in total. The second-order valence-electron chi connectivity index (χ2n) is 6.01. The third kappa shape index (κ3) is 2.19. The van der Waals surface area contributed by atoms with Crippen LogP contribution in [0, 0.1) is 6.92 Å². The average Bonchev–Trinajstić information content (AvgIpc) is 2.55. The van der Waals surface area contributed by atoms with Crippen molar-refractivity contribution in [1.29, 1.82) is 0 Å². The van der Waals surface area contributed by atoms with Crippen molar-refractivity contribution in [2.45, 2.75) is 58.7 Å². The molecule has 17 heavy (non-hydrogen) atoms. The van der Waals surface area contributed by atoms with Gasteiger partial charge in [-0.25, -0.2) is 0 Å². The van der Waals surface area contributed by atoms with Gasteiger partial charge in [-0.2, -0.15) is 0 Å². The normalized spacial score (nSPS) is 19.9. The summed E-state index contributed by atoms with van der Waals surface area (Å²) in [5, 5.41) is 10.3. The molecule has 94 valence electrons. The summed E-state index contributed by atoms with van der Waals surface area (Å²) in [6.07, 6.45) is 0.943. The van der Waals surface area contributed by atoms with Gasteiger partial charge in [0, 0.05) is 11.7 Å². The van der Waals surface area contributed by atoms with Crippen LogP contribution >= 0.6 is 0 Å². The average molecular weight is 233 g/mol. The van der Waals surface area contributed by atoms with Crippen LogP contribution in [0.15, 0.2) is 18.2 Å². The molecule has 1 N–H and O–H groups in total. The van der Waals surface area contributed by atoms with E-state index in [-0.39, 0.29) is 6.04 Å². The molecular formula is C15H23NO. The zero-order valence-corrected chi connectivity index (χ0v) is 11.5. The molecule has 0 aliphatic carbocycles. The van der Waals surface area contributed by atoms with Crippen LogP contribution in [0.2, 0.25) is 0 Å². The fourth-order valence-corrected chi connectivity index (χ4v) is 2.83. The number of aliphatic hydroxyl groups is 1. The van der Waals surface area contributed by atoms with Gasteiger partial charge < -0.3 is 10.0 Å². The van der Waals surface area contributed by atoms with E-state index in [1.807, 2.05) is 13.8 Å². The zero-order chi connectivity index (χ0) is 12.8. The second kappa shape index (κ2) is 4.02. The maximum Gasteiger partial charge on any atom is 0.0797 e. The number of nitrogens with zero attached hydrogens (tertiary/aromatic N) is 1. The summed E-state index contributed by atoms with van der Waals surface area (Å²) >= 11 is 0. The minimum atomic E-state index is -0.669. The maximum absolute atomic E-state index is 10.3. The molecule has 1 heterocycles. The summed E-state index contributed by atoms with van der Waals surface area (Å²) in [6, 6.07) is 7.18. The predicted molar refractivity (Wildman–Crippen MR) is 72.6 cm³/mol. The molecule has 1 aliphatic rings. The topological polar surface area (TPSA) is 23.5 Å². The van der Waals surface area contributed by atoms with Crippen molar-refractivity contribution in [2.24, 2.45) is 0 Å².